The van der Waals surface area contributed by atoms with Gasteiger partial charge in [-0.05, 0) is 31.2 Å². The van der Waals surface area contributed by atoms with Gasteiger partial charge in [-0.1, -0.05) is 26.0 Å². The van der Waals surface area contributed by atoms with Gasteiger partial charge in [0.1, 0.15) is 17.8 Å². The van der Waals surface area contributed by atoms with Gasteiger partial charge in [-0.2, -0.15) is 0 Å². The third-order valence-corrected chi connectivity index (χ3v) is 3.62. The van der Waals surface area contributed by atoms with Crippen LogP contribution in [-0.4, -0.2) is 13.2 Å². The van der Waals surface area contributed by atoms with Crippen LogP contribution in [0.4, 0.5) is 25.8 Å². The number of para-hydroxylation sites is 2. The Hall–Kier alpha value is -2.10. The van der Waals surface area contributed by atoms with Crippen LogP contribution in [0.2, 0.25) is 0 Å². The Morgan fingerprint density at radius 1 is 0.905 bits per heavy atom. The minimum absolute atomic E-state index is 0.0163. The standard InChI is InChI=1S/C15H14F2N2.C2H6/c1-10-18(2)14-5-3-4-6-15(14)19(10)13-8-7-11(16)9-12(13)17;1-2/h3-10H,1-2H3;1-2H3. The van der Waals surface area contributed by atoms with Crippen molar-refractivity contribution in [2.75, 3.05) is 16.8 Å². The summed E-state index contributed by atoms with van der Waals surface area (Å²) >= 11 is 0. The average Bonchev–Trinajstić information content (AvgIpc) is 2.75. The Morgan fingerprint density at radius 2 is 1.52 bits per heavy atom. The molecule has 4 heteroatoms. The lowest BCUT2D eigenvalue weighted by Crippen LogP contribution is -2.36. The molecule has 1 aliphatic rings. The molecule has 0 spiro atoms. The van der Waals surface area contributed by atoms with Crippen LogP contribution < -0.4 is 9.80 Å². The van der Waals surface area contributed by atoms with Crippen LogP contribution in [-0.2, 0) is 0 Å². The molecule has 1 unspecified atom stereocenters. The normalized spacial score (nSPS) is 16.4. The monoisotopic (exact) mass is 290 g/mol. The van der Waals surface area contributed by atoms with E-state index < -0.39 is 11.6 Å². The molecule has 2 aromatic carbocycles. The van der Waals surface area contributed by atoms with E-state index in [2.05, 4.69) is 4.90 Å². The molecule has 1 aliphatic heterocycles. The second-order valence-corrected chi connectivity index (χ2v) is 4.70. The number of nitrogens with zero attached hydrogens (tertiary/aromatic N) is 2. The molecular formula is C17H20F2N2. The van der Waals surface area contributed by atoms with Crippen LogP contribution in [0.15, 0.2) is 42.5 Å². The van der Waals surface area contributed by atoms with Crippen LogP contribution in [0.5, 0.6) is 0 Å². The van der Waals surface area contributed by atoms with Crippen molar-refractivity contribution in [3.8, 4) is 0 Å². The fourth-order valence-electron chi connectivity index (χ4n) is 2.55. The Balaban J connectivity index is 0.000000774. The molecule has 0 fully saturated rings. The van der Waals surface area contributed by atoms with Crippen LogP contribution in [0, 0.1) is 11.6 Å². The summed E-state index contributed by atoms with van der Waals surface area (Å²) < 4.78 is 27.0. The Bertz CT molecular complexity index is 628. The van der Waals surface area contributed by atoms with E-state index in [-0.39, 0.29) is 6.17 Å². The molecule has 0 bridgehead atoms. The Labute approximate surface area is 124 Å². The van der Waals surface area contributed by atoms with Crippen LogP contribution in [0.1, 0.15) is 20.8 Å². The van der Waals surface area contributed by atoms with Crippen molar-refractivity contribution in [3.05, 3.63) is 54.1 Å². The number of fused-ring (bicyclic) bond motifs is 1. The highest BCUT2D eigenvalue weighted by molar-refractivity contribution is 5.83. The van der Waals surface area contributed by atoms with Crippen molar-refractivity contribution in [1.29, 1.82) is 0 Å². The number of halogens is 2. The van der Waals surface area contributed by atoms with E-state index in [1.165, 1.54) is 12.1 Å². The Kier molecular flexibility index (Phi) is 4.46. The minimum atomic E-state index is -0.560. The molecule has 1 atom stereocenters. The molecule has 112 valence electrons. The molecule has 3 rings (SSSR count). The molecule has 0 saturated heterocycles. The maximum Gasteiger partial charge on any atom is 0.149 e. The minimum Gasteiger partial charge on any atom is -0.353 e. The van der Waals surface area contributed by atoms with Crippen molar-refractivity contribution in [3.63, 3.8) is 0 Å². The second kappa shape index (κ2) is 6.12. The number of hydrogen-bond acceptors (Lipinski definition) is 2. The van der Waals surface area contributed by atoms with Crippen molar-refractivity contribution in [2.24, 2.45) is 0 Å². The van der Waals surface area contributed by atoms with E-state index >= 15 is 0 Å². The summed E-state index contributed by atoms with van der Waals surface area (Å²) in [4.78, 5) is 3.95. The van der Waals surface area contributed by atoms with Crippen molar-refractivity contribution in [1.82, 2.24) is 0 Å². The number of benzene rings is 2. The lowest BCUT2D eigenvalue weighted by atomic mass is 10.2. The van der Waals surface area contributed by atoms with Crippen LogP contribution in [0.3, 0.4) is 0 Å². The van der Waals surface area contributed by atoms with E-state index in [0.717, 1.165) is 17.4 Å². The number of rotatable bonds is 1. The summed E-state index contributed by atoms with van der Waals surface area (Å²) in [7, 11) is 1.96. The van der Waals surface area contributed by atoms with Gasteiger partial charge in [-0.15, -0.1) is 0 Å². The van der Waals surface area contributed by atoms with E-state index in [1.54, 1.807) is 0 Å². The first kappa shape index (κ1) is 15.3. The van der Waals surface area contributed by atoms with Gasteiger partial charge >= 0.3 is 0 Å². The average molecular weight is 290 g/mol. The highest BCUT2D eigenvalue weighted by Crippen LogP contribution is 2.43. The maximum absolute atomic E-state index is 14.0. The van der Waals surface area contributed by atoms with Crippen LogP contribution >= 0.6 is 0 Å². The summed E-state index contributed by atoms with van der Waals surface area (Å²) in [6.07, 6.45) is -0.0163. The first-order valence-electron chi connectivity index (χ1n) is 7.16. The second-order valence-electron chi connectivity index (χ2n) is 4.70. The highest BCUT2D eigenvalue weighted by atomic mass is 19.1. The van der Waals surface area contributed by atoms with E-state index in [4.69, 9.17) is 0 Å². The number of anilines is 3. The maximum atomic E-state index is 14.0. The fourth-order valence-corrected chi connectivity index (χ4v) is 2.55. The van der Waals surface area contributed by atoms with Crippen molar-refractivity contribution >= 4 is 17.1 Å². The van der Waals surface area contributed by atoms with Crippen molar-refractivity contribution in [2.45, 2.75) is 26.9 Å². The van der Waals surface area contributed by atoms with E-state index in [1.807, 2.05) is 57.0 Å². The predicted molar refractivity (Wildman–Crippen MR) is 84.2 cm³/mol. The third-order valence-electron chi connectivity index (χ3n) is 3.62. The third kappa shape index (κ3) is 2.58. The lowest BCUT2D eigenvalue weighted by molar-refractivity contribution is 0.578. The summed E-state index contributed by atoms with van der Waals surface area (Å²) in [6, 6.07) is 11.5. The SMILES string of the molecule is CC.CC1N(C)c2ccccc2N1c1ccc(F)cc1F. The molecule has 0 aromatic heterocycles. The summed E-state index contributed by atoms with van der Waals surface area (Å²) in [5, 5.41) is 0. The smallest absolute Gasteiger partial charge is 0.149 e. The molecule has 0 aliphatic carbocycles. The molecular weight excluding hydrogens is 270 g/mol. The molecule has 1 heterocycles. The topological polar surface area (TPSA) is 6.48 Å². The van der Waals surface area contributed by atoms with Gasteiger partial charge in [-0.25, -0.2) is 8.78 Å². The van der Waals surface area contributed by atoms with Gasteiger partial charge in [0.05, 0.1) is 17.1 Å². The van der Waals surface area contributed by atoms with E-state index in [0.29, 0.717) is 5.69 Å². The van der Waals surface area contributed by atoms with Gasteiger partial charge in [0, 0.05) is 13.1 Å². The number of hydrogen-bond donors (Lipinski definition) is 0. The largest absolute Gasteiger partial charge is 0.353 e. The molecule has 0 amide bonds. The highest BCUT2D eigenvalue weighted by Gasteiger charge is 2.32. The van der Waals surface area contributed by atoms with Gasteiger partial charge < -0.3 is 9.80 Å². The first-order valence-corrected chi connectivity index (χ1v) is 7.16. The van der Waals surface area contributed by atoms with Gasteiger partial charge in [0.15, 0.2) is 0 Å². The Morgan fingerprint density at radius 3 is 2.14 bits per heavy atom. The summed E-state index contributed by atoms with van der Waals surface area (Å²) in [5.41, 5.74) is 2.37. The quantitative estimate of drug-likeness (QED) is 0.735. The zero-order valence-corrected chi connectivity index (χ0v) is 12.8. The van der Waals surface area contributed by atoms with Gasteiger partial charge in [0.2, 0.25) is 0 Å². The molecule has 21 heavy (non-hydrogen) atoms. The molecule has 0 radical (unpaired) electrons. The molecule has 2 aromatic rings. The summed E-state index contributed by atoms with van der Waals surface area (Å²) in [6.45, 7) is 5.99. The fraction of sp³-hybridized carbons (Fsp3) is 0.294. The zero-order valence-electron chi connectivity index (χ0n) is 12.8. The zero-order chi connectivity index (χ0) is 15.6. The van der Waals surface area contributed by atoms with Crippen molar-refractivity contribution < 1.29 is 8.78 Å². The van der Waals surface area contributed by atoms with Gasteiger partial charge in [-0.3, -0.25) is 0 Å². The lowest BCUT2D eigenvalue weighted by Gasteiger charge is -2.27. The van der Waals surface area contributed by atoms with Crippen LogP contribution in [0.25, 0.3) is 0 Å². The first-order chi connectivity index (χ1) is 10.1. The summed E-state index contributed by atoms with van der Waals surface area (Å²) in [5.74, 6) is -1.10. The molecule has 2 nitrogen and oxygen atoms in total. The molecule has 0 saturated carbocycles. The van der Waals surface area contributed by atoms with E-state index in [9.17, 15) is 8.78 Å². The predicted octanol–water partition coefficient (Wildman–Crippen LogP) is 4.92. The molecule has 0 N–H and O–H groups in total. The van der Waals surface area contributed by atoms with Gasteiger partial charge in [0.25, 0.3) is 0 Å².